The lowest BCUT2D eigenvalue weighted by molar-refractivity contribution is -0.146. The molecule has 1 aromatic carbocycles. The van der Waals surface area contributed by atoms with Crippen molar-refractivity contribution in [2.75, 3.05) is 26.3 Å². The summed E-state index contributed by atoms with van der Waals surface area (Å²) in [6.45, 7) is 2.39. The number of nitrogens with zero attached hydrogens (tertiary/aromatic N) is 1. The van der Waals surface area contributed by atoms with E-state index in [-0.39, 0.29) is 19.7 Å². The van der Waals surface area contributed by atoms with Crippen LogP contribution in [-0.2, 0) is 19.7 Å². The van der Waals surface area contributed by atoms with Gasteiger partial charge in [0.15, 0.2) is 6.30 Å². The maximum Gasteiger partial charge on any atom is 0.407 e. The van der Waals surface area contributed by atoms with Crippen LogP contribution >= 0.6 is 0 Å². The fraction of sp³-hybridized carbons (Fsp3) is 0.500. The number of hydrazine groups is 1. The van der Waals surface area contributed by atoms with Crippen LogP contribution in [0, 0.1) is 0 Å². The average molecular weight is 337 g/mol. The molecule has 3 atom stereocenters. The largest absolute Gasteiger partial charge is 0.443 e. The minimum atomic E-state index is -1.41. The van der Waals surface area contributed by atoms with Gasteiger partial charge in [0.25, 0.3) is 0 Å². The van der Waals surface area contributed by atoms with E-state index in [9.17, 15) is 14.0 Å². The molecule has 0 bridgehead atoms. The third kappa shape index (κ3) is 3.07. The summed E-state index contributed by atoms with van der Waals surface area (Å²) in [5.74, 6) is -0.431. The Morgan fingerprint density at radius 3 is 2.79 bits per heavy atom. The summed E-state index contributed by atoms with van der Waals surface area (Å²) < 4.78 is 24.2. The van der Waals surface area contributed by atoms with Crippen molar-refractivity contribution in [3.63, 3.8) is 0 Å². The van der Waals surface area contributed by atoms with Crippen LogP contribution < -0.4 is 10.7 Å². The first-order valence-corrected chi connectivity index (χ1v) is 7.81. The zero-order valence-electron chi connectivity index (χ0n) is 13.3. The summed E-state index contributed by atoms with van der Waals surface area (Å²) in [6, 6.07) is 9.02. The fourth-order valence-electron chi connectivity index (χ4n) is 2.90. The third-order valence-corrected chi connectivity index (χ3v) is 4.49. The van der Waals surface area contributed by atoms with E-state index < -0.39 is 29.8 Å². The van der Waals surface area contributed by atoms with E-state index in [4.69, 9.17) is 9.47 Å². The Labute approximate surface area is 139 Å². The Balaban J connectivity index is 1.86. The van der Waals surface area contributed by atoms with Crippen LogP contribution in [0.3, 0.4) is 0 Å². The van der Waals surface area contributed by atoms with Gasteiger partial charge in [-0.05, 0) is 12.5 Å². The predicted octanol–water partition coefficient (Wildman–Crippen LogP) is 0.712. The number of ether oxygens (including phenoxy) is 2. The number of nitrogens with one attached hydrogen (secondary N) is 2. The number of alkyl halides is 1. The molecule has 0 aliphatic carbocycles. The Kier molecular flexibility index (Phi) is 4.68. The van der Waals surface area contributed by atoms with Crippen molar-refractivity contribution in [1.29, 1.82) is 0 Å². The molecule has 0 saturated carbocycles. The molecule has 130 valence electrons. The van der Waals surface area contributed by atoms with Crippen molar-refractivity contribution >= 4 is 12.0 Å². The quantitative estimate of drug-likeness (QED) is 0.791. The average Bonchev–Trinajstić information content (AvgIpc) is 3.04. The number of amides is 2. The van der Waals surface area contributed by atoms with Crippen molar-refractivity contribution in [3.05, 3.63) is 35.9 Å². The van der Waals surface area contributed by atoms with Crippen molar-refractivity contribution in [1.82, 2.24) is 15.8 Å². The molecule has 2 saturated heterocycles. The molecule has 1 aromatic rings. The number of benzene rings is 1. The van der Waals surface area contributed by atoms with Crippen LogP contribution in [0.4, 0.5) is 9.18 Å². The number of carbonyl (C=O) groups excluding carboxylic acids is 2. The van der Waals surface area contributed by atoms with Crippen molar-refractivity contribution in [2.24, 2.45) is 0 Å². The van der Waals surface area contributed by atoms with Gasteiger partial charge < -0.3 is 14.8 Å². The molecule has 24 heavy (non-hydrogen) atoms. The van der Waals surface area contributed by atoms with E-state index in [2.05, 4.69) is 10.7 Å². The highest BCUT2D eigenvalue weighted by Gasteiger charge is 2.48. The number of alkyl carbamates (subject to hydrolysis) is 1. The van der Waals surface area contributed by atoms with Crippen LogP contribution in [0.25, 0.3) is 0 Å². The summed E-state index contributed by atoms with van der Waals surface area (Å²) in [5, 5.41) is 3.78. The molecule has 8 heteroatoms. The molecule has 2 aliphatic heterocycles. The SMILES string of the molecule is CC(C(=O)NN1CCOCC1F)(c1ccccc1)C1CNC(=O)O1. The van der Waals surface area contributed by atoms with Gasteiger partial charge in [-0.1, -0.05) is 30.3 Å². The lowest BCUT2D eigenvalue weighted by Crippen LogP contribution is -2.60. The van der Waals surface area contributed by atoms with E-state index in [1.165, 1.54) is 5.01 Å². The Bertz CT molecular complexity index is 615. The van der Waals surface area contributed by atoms with Gasteiger partial charge in [-0.2, -0.15) is 5.01 Å². The molecule has 2 fully saturated rings. The number of cyclic esters (lactones) is 1. The van der Waals surface area contributed by atoms with E-state index in [0.717, 1.165) is 0 Å². The number of morpholine rings is 1. The van der Waals surface area contributed by atoms with E-state index >= 15 is 0 Å². The van der Waals surface area contributed by atoms with Gasteiger partial charge in [0.05, 0.1) is 19.8 Å². The number of halogens is 1. The first-order chi connectivity index (χ1) is 11.5. The van der Waals surface area contributed by atoms with Crippen molar-refractivity contribution < 1.29 is 23.5 Å². The Hall–Kier alpha value is -2.19. The first-order valence-electron chi connectivity index (χ1n) is 7.81. The van der Waals surface area contributed by atoms with Gasteiger partial charge in [-0.3, -0.25) is 10.2 Å². The molecule has 0 spiro atoms. The maximum absolute atomic E-state index is 13.9. The standard InChI is InChI=1S/C16H20FN3O4/c1-16(11-5-3-2-4-6-11,12-9-18-15(22)24-12)14(21)19-20-7-8-23-10-13(20)17/h2-6,12-13H,7-10H2,1H3,(H,18,22)(H,19,21). The van der Waals surface area contributed by atoms with Gasteiger partial charge >= 0.3 is 6.09 Å². The first kappa shape index (κ1) is 16.7. The lowest BCUT2D eigenvalue weighted by Gasteiger charge is -2.37. The van der Waals surface area contributed by atoms with Gasteiger partial charge in [0, 0.05) is 6.54 Å². The second-order valence-electron chi connectivity index (χ2n) is 5.99. The summed E-state index contributed by atoms with van der Waals surface area (Å²) >= 11 is 0. The Morgan fingerprint density at radius 2 is 2.17 bits per heavy atom. The van der Waals surface area contributed by atoms with E-state index in [0.29, 0.717) is 12.2 Å². The Morgan fingerprint density at radius 1 is 1.42 bits per heavy atom. The van der Waals surface area contributed by atoms with Gasteiger partial charge in [0.1, 0.15) is 11.5 Å². The summed E-state index contributed by atoms with van der Waals surface area (Å²) in [4.78, 5) is 24.4. The second-order valence-corrected chi connectivity index (χ2v) is 5.99. The molecule has 3 unspecified atom stereocenters. The normalized spacial score (nSPS) is 27.0. The maximum atomic E-state index is 13.9. The third-order valence-electron chi connectivity index (χ3n) is 4.49. The zero-order valence-corrected chi connectivity index (χ0v) is 13.3. The predicted molar refractivity (Wildman–Crippen MR) is 82.6 cm³/mol. The van der Waals surface area contributed by atoms with Crippen LogP contribution in [-0.4, -0.2) is 55.7 Å². The number of hydrogen-bond acceptors (Lipinski definition) is 5. The summed E-state index contributed by atoms with van der Waals surface area (Å²) in [7, 11) is 0. The molecule has 7 nitrogen and oxygen atoms in total. The van der Waals surface area contributed by atoms with Crippen LogP contribution in [0.15, 0.2) is 30.3 Å². The molecular formula is C16H20FN3O4. The molecular weight excluding hydrogens is 317 g/mol. The highest BCUT2D eigenvalue weighted by Crippen LogP contribution is 2.32. The van der Waals surface area contributed by atoms with Crippen molar-refractivity contribution in [3.8, 4) is 0 Å². The molecule has 2 heterocycles. The molecule has 2 N–H and O–H groups in total. The van der Waals surface area contributed by atoms with Crippen LogP contribution in [0.5, 0.6) is 0 Å². The number of hydrogen-bond donors (Lipinski definition) is 2. The van der Waals surface area contributed by atoms with Gasteiger partial charge in [0.2, 0.25) is 5.91 Å². The second kappa shape index (κ2) is 6.74. The van der Waals surface area contributed by atoms with Crippen molar-refractivity contribution in [2.45, 2.75) is 24.7 Å². The minimum absolute atomic E-state index is 0.0949. The highest BCUT2D eigenvalue weighted by atomic mass is 19.1. The van der Waals surface area contributed by atoms with E-state index in [1.807, 2.05) is 6.07 Å². The lowest BCUT2D eigenvalue weighted by atomic mass is 9.76. The van der Waals surface area contributed by atoms with Gasteiger partial charge in [-0.25, -0.2) is 9.18 Å². The molecule has 2 aliphatic rings. The molecule has 2 amide bonds. The van der Waals surface area contributed by atoms with E-state index in [1.54, 1.807) is 31.2 Å². The minimum Gasteiger partial charge on any atom is -0.443 e. The fourth-order valence-corrected chi connectivity index (χ4v) is 2.90. The highest BCUT2D eigenvalue weighted by molar-refractivity contribution is 5.89. The van der Waals surface area contributed by atoms with Crippen LogP contribution in [0.2, 0.25) is 0 Å². The molecule has 0 aromatic heterocycles. The number of rotatable bonds is 4. The summed E-state index contributed by atoms with van der Waals surface area (Å²) in [6.07, 6.45) is -2.66. The number of carbonyl (C=O) groups is 2. The van der Waals surface area contributed by atoms with Gasteiger partial charge in [-0.15, -0.1) is 0 Å². The molecule has 0 radical (unpaired) electrons. The topological polar surface area (TPSA) is 79.9 Å². The smallest absolute Gasteiger partial charge is 0.407 e. The summed E-state index contributed by atoms with van der Waals surface area (Å²) in [5.41, 5.74) is 2.15. The monoisotopic (exact) mass is 337 g/mol. The zero-order chi connectivity index (χ0) is 17.2. The van der Waals surface area contributed by atoms with Crippen LogP contribution in [0.1, 0.15) is 12.5 Å². The molecule has 3 rings (SSSR count).